The standard InChI is InChI=1S/C23H25N3O6/c1-24(2)11-6-12-25-20(15-7-4-9-17(13-15)26(30)31)19(22(28)23(25)29)21(27)16-8-5-10-18(14-16)32-3/h4-5,7-10,13-14,20,27H,6,11-12H2,1-3H3/b21-19+/t20-/m0/s1. The molecule has 168 valence electrons. The van der Waals surface area contributed by atoms with Gasteiger partial charge in [-0.3, -0.25) is 19.7 Å². The number of methoxy groups -OCH3 is 1. The van der Waals surface area contributed by atoms with E-state index in [1.54, 1.807) is 30.3 Å². The zero-order valence-corrected chi connectivity index (χ0v) is 18.1. The second-order valence-corrected chi connectivity index (χ2v) is 7.73. The maximum Gasteiger partial charge on any atom is 0.295 e. The number of aliphatic hydroxyl groups excluding tert-OH is 1. The molecule has 0 spiro atoms. The summed E-state index contributed by atoms with van der Waals surface area (Å²) in [6, 6.07) is 11.3. The van der Waals surface area contributed by atoms with E-state index in [1.165, 1.54) is 30.2 Å². The molecule has 1 amide bonds. The predicted octanol–water partition coefficient (Wildman–Crippen LogP) is 2.98. The average Bonchev–Trinajstić information content (AvgIpc) is 3.03. The van der Waals surface area contributed by atoms with Crippen LogP contribution in [-0.4, -0.2) is 65.8 Å². The number of hydrogen-bond acceptors (Lipinski definition) is 7. The van der Waals surface area contributed by atoms with E-state index in [1.807, 2.05) is 19.0 Å². The molecule has 1 atom stereocenters. The van der Waals surface area contributed by atoms with E-state index in [0.717, 1.165) is 0 Å². The van der Waals surface area contributed by atoms with Crippen molar-refractivity contribution in [1.29, 1.82) is 0 Å². The molecule has 1 heterocycles. The fourth-order valence-electron chi connectivity index (χ4n) is 3.75. The van der Waals surface area contributed by atoms with Crippen molar-refractivity contribution in [2.45, 2.75) is 12.5 Å². The average molecular weight is 439 g/mol. The smallest absolute Gasteiger partial charge is 0.295 e. The minimum absolute atomic E-state index is 0.103. The highest BCUT2D eigenvalue weighted by molar-refractivity contribution is 6.46. The number of ketones is 1. The molecule has 3 rings (SSSR count). The summed E-state index contributed by atoms with van der Waals surface area (Å²) in [7, 11) is 5.27. The fourth-order valence-corrected chi connectivity index (χ4v) is 3.75. The summed E-state index contributed by atoms with van der Waals surface area (Å²) in [6.45, 7) is 0.936. The number of carbonyl (C=O) groups is 2. The zero-order valence-electron chi connectivity index (χ0n) is 18.1. The third-order valence-electron chi connectivity index (χ3n) is 5.28. The van der Waals surface area contributed by atoms with Crippen molar-refractivity contribution in [3.8, 4) is 5.75 Å². The van der Waals surface area contributed by atoms with Gasteiger partial charge in [-0.05, 0) is 44.8 Å². The van der Waals surface area contributed by atoms with Crippen LogP contribution in [0.4, 0.5) is 5.69 Å². The number of amides is 1. The first-order valence-electron chi connectivity index (χ1n) is 10.1. The quantitative estimate of drug-likeness (QED) is 0.221. The number of nitrogens with zero attached hydrogens (tertiary/aromatic N) is 3. The lowest BCUT2D eigenvalue weighted by molar-refractivity contribution is -0.384. The number of nitro benzene ring substituents is 1. The summed E-state index contributed by atoms with van der Waals surface area (Å²) >= 11 is 0. The second kappa shape index (κ2) is 9.61. The summed E-state index contributed by atoms with van der Waals surface area (Å²) in [4.78, 5) is 40.0. The highest BCUT2D eigenvalue weighted by Crippen LogP contribution is 2.40. The fraction of sp³-hybridized carbons (Fsp3) is 0.304. The highest BCUT2D eigenvalue weighted by atomic mass is 16.6. The molecule has 1 aliphatic rings. The maximum atomic E-state index is 13.0. The summed E-state index contributed by atoms with van der Waals surface area (Å²) in [6.07, 6.45) is 0.588. The number of non-ortho nitro benzene ring substituents is 1. The van der Waals surface area contributed by atoms with E-state index >= 15 is 0 Å². The number of aliphatic hydroxyl groups is 1. The number of hydrogen-bond donors (Lipinski definition) is 1. The normalized spacial score (nSPS) is 17.8. The van der Waals surface area contributed by atoms with Crippen molar-refractivity contribution >= 4 is 23.1 Å². The second-order valence-electron chi connectivity index (χ2n) is 7.73. The minimum Gasteiger partial charge on any atom is -0.507 e. The third kappa shape index (κ3) is 4.62. The van der Waals surface area contributed by atoms with Gasteiger partial charge in [0.2, 0.25) is 0 Å². The van der Waals surface area contributed by atoms with Crippen LogP contribution in [-0.2, 0) is 9.59 Å². The van der Waals surface area contributed by atoms with Crippen molar-refractivity contribution in [3.05, 3.63) is 75.3 Å². The van der Waals surface area contributed by atoms with Gasteiger partial charge in [-0.25, -0.2) is 0 Å². The third-order valence-corrected chi connectivity index (χ3v) is 5.28. The van der Waals surface area contributed by atoms with Gasteiger partial charge in [0.05, 0.1) is 23.6 Å². The molecule has 2 aromatic carbocycles. The molecule has 0 saturated carbocycles. The monoisotopic (exact) mass is 439 g/mol. The molecule has 0 radical (unpaired) electrons. The van der Waals surface area contributed by atoms with Crippen molar-refractivity contribution < 1.29 is 24.4 Å². The van der Waals surface area contributed by atoms with Gasteiger partial charge in [0.25, 0.3) is 17.4 Å². The van der Waals surface area contributed by atoms with Crippen LogP contribution < -0.4 is 4.74 Å². The van der Waals surface area contributed by atoms with Crippen LogP contribution in [0, 0.1) is 10.1 Å². The van der Waals surface area contributed by atoms with Crippen molar-refractivity contribution in [2.24, 2.45) is 0 Å². The van der Waals surface area contributed by atoms with Gasteiger partial charge in [-0.2, -0.15) is 0 Å². The van der Waals surface area contributed by atoms with Crippen LogP contribution in [0.15, 0.2) is 54.1 Å². The Bertz CT molecular complexity index is 1080. The molecular weight excluding hydrogens is 414 g/mol. The molecule has 9 heteroatoms. The van der Waals surface area contributed by atoms with Gasteiger partial charge >= 0.3 is 0 Å². The van der Waals surface area contributed by atoms with E-state index in [4.69, 9.17) is 4.74 Å². The molecule has 1 fully saturated rings. The molecule has 1 N–H and O–H groups in total. The Morgan fingerprint density at radius 3 is 2.56 bits per heavy atom. The lowest BCUT2D eigenvalue weighted by Gasteiger charge is -2.25. The Labute approximate surface area is 185 Å². The van der Waals surface area contributed by atoms with Crippen molar-refractivity contribution in [2.75, 3.05) is 34.3 Å². The van der Waals surface area contributed by atoms with Crippen LogP contribution >= 0.6 is 0 Å². The first-order valence-corrected chi connectivity index (χ1v) is 10.1. The lowest BCUT2D eigenvalue weighted by atomic mass is 9.95. The molecule has 1 aliphatic heterocycles. The predicted molar refractivity (Wildman–Crippen MR) is 118 cm³/mol. The summed E-state index contributed by atoms with van der Waals surface area (Å²) in [5, 5.41) is 22.4. The molecule has 0 aliphatic carbocycles. The number of Topliss-reactive ketones (excluding diaryl/α,β-unsaturated/α-hetero) is 1. The van der Waals surface area contributed by atoms with E-state index in [-0.39, 0.29) is 23.6 Å². The van der Waals surface area contributed by atoms with Crippen LogP contribution in [0.2, 0.25) is 0 Å². The largest absolute Gasteiger partial charge is 0.507 e. The number of nitro groups is 1. The number of rotatable bonds is 8. The van der Waals surface area contributed by atoms with Gasteiger partial charge in [0.1, 0.15) is 11.5 Å². The minimum atomic E-state index is -0.941. The first-order chi connectivity index (χ1) is 15.2. The van der Waals surface area contributed by atoms with Gasteiger partial charge in [-0.15, -0.1) is 0 Å². The Morgan fingerprint density at radius 1 is 1.19 bits per heavy atom. The summed E-state index contributed by atoms with van der Waals surface area (Å²) in [5.74, 6) is -1.45. The number of benzene rings is 2. The lowest BCUT2D eigenvalue weighted by Crippen LogP contribution is -2.32. The molecule has 2 aromatic rings. The summed E-state index contributed by atoms with van der Waals surface area (Å²) in [5.41, 5.74) is 0.426. The van der Waals surface area contributed by atoms with Gasteiger partial charge in [-0.1, -0.05) is 24.3 Å². The summed E-state index contributed by atoms with van der Waals surface area (Å²) < 4.78 is 5.19. The van der Waals surface area contributed by atoms with E-state index < -0.39 is 22.7 Å². The van der Waals surface area contributed by atoms with Gasteiger partial charge in [0, 0.05) is 24.2 Å². The number of likely N-dealkylation sites (tertiary alicyclic amines) is 1. The number of ether oxygens (including phenoxy) is 1. The van der Waals surface area contributed by atoms with Crippen molar-refractivity contribution in [1.82, 2.24) is 9.80 Å². The van der Waals surface area contributed by atoms with Gasteiger partial charge < -0.3 is 19.6 Å². The van der Waals surface area contributed by atoms with Crippen molar-refractivity contribution in [3.63, 3.8) is 0 Å². The van der Waals surface area contributed by atoms with Gasteiger partial charge in [0.15, 0.2) is 0 Å². The zero-order chi connectivity index (χ0) is 23.4. The van der Waals surface area contributed by atoms with Crippen LogP contribution in [0.25, 0.3) is 5.76 Å². The first kappa shape index (κ1) is 23.0. The Hall–Kier alpha value is -3.72. The molecule has 0 aromatic heterocycles. The van der Waals surface area contributed by atoms with Crippen LogP contribution in [0.3, 0.4) is 0 Å². The molecular formula is C23H25N3O6. The topological polar surface area (TPSA) is 113 Å². The maximum absolute atomic E-state index is 13.0. The molecule has 32 heavy (non-hydrogen) atoms. The molecule has 0 unspecified atom stereocenters. The van der Waals surface area contributed by atoms with Crippen LogP contribution in [0.5, 0.6) is 5.75 Å². The molecule has 0 bridgehead atoms. The highest BCUT2D eigenvalue weighted by Gasteiger charge is 2.46. The van der Waals surface area contributed by atoms with E-state index in [0.29, 0.717) is 29.8 Å². The Balaban J connectivity index is 2.14. The van der Waals surface area contributed by atoms with E-state index in [2.05, 4.69) is 0 Å². The van der Waals surface area contributed by atoms with Crippen LogP contribution in [0.1, 0.15) is 23.6 Å². The molecule has 1 saturated heterocycles. The number of carbonyl (C=O) groups excluding carboxylic acids is 2. The SMILES string of the molecule is COc1cccc(/C(O)=C2\C(=O)C(=O)N(CCCN(C)C)[C@H]2c2cccc([N+](=O)[O-])c2)c1. The molecule has 9 nitrogen and oxygen atoms in total. The van der Waals surface area contributed by atoms with E-state index in [9.17, 15) is 24.8 Å². The Morgan fingerprint density at radius 2 is 1.91 bits per heavy atom. The Kier molecular flexibility index (Phi) is 6.89.